The lowest BCUT2D eigenvalue weighted by Crippen LogP contribution is -1.93. The molecule has 0 radical (unpaired) electrons. The van der Waals surface area contributed by atoms with Crippen molar-refractivity contribution in [3.8, 4) is 0 Å². The van der Waals surface area contributed by atoms with Crippen LogP contribution < -0.4 is 0 Å². The van der Waals surface area contributed by atoms with Crippen molar-refractivity contribution < 1.29 is 5.21 Å². The second-order valence-electron chi connectivity index (χ2n) is 3.17. The van der Waals surface area contributed by atoms with E-state index >= 15 is 0 Å². The normalized spacial score (nSPS) is 17.4. The molecule has 0 aliphatic heterocycles. The summed E-state index contributed by atoms with van der Waals surface area (Å²) in [6, 6.07) is 6.08. The molecule has 2 nitrogen and oxygen atoms in total. The minimum absolute atomic E-state index is 0.797. The monoisotopic (exact) mass is 173 g/mol. The molecule has 0 unspecified atom stereocenters. The second kappa shape index (κ2) is 3.05. The van der Waals surface area contributed by atoms with Crippen molar-refractivity contribution in [3.63, 3.8) is 0 Å². The Morgan fingerprint density at radius 2 is 2.23 bits per heavy atom. The van der Waals surface area contributed by atoms with Crippen molar-refractivity contribution >= 4 is 11.8 Å². The van der Waals surface area contributed by atoms with Gasteiger partial charge in [-0.3, -0.25) is 0 Å². The minimum atomic E-state index is 0.797. The van der Waals surface area contributed by atoms with E-state index in [9.17, 15) is 0 Å². The first kappa shape index (κ1) is 8.05. The van der Waals surface area contributed by atoms with Crippen LogP contribution in [0, 0.1) is 0 Å². The molecule has 2 rings (SSSR count). The van der Waals surface area contributed by atoms with Gasteiger partial charge in [-0.2, -0.15) is 0 Å². The first-order valence-electron chi connectivity index (χ1n) is 4.32. The molecular weight excluding hydrogens is 162 g/mol. The third-order valence-corrected chi connectivity index (χ3v) is 2.43. The zero-order chi connectivity index (χ0) is 9.26. The van der Waals surface area contributed by atoms with Gasteiger partial charge >= 0.3 is 0 Å². The number of hydrogen-bond donors (Lipinski definition) is 1. The summed E-state index contributed by atoms with van der Waals surface area (Å²) < 4.78 is 0. The van der Waals surface area contributed by atoms with Crippen LogP contribution in [0.3, 0.4) is 0 Å². The molecule has 0 heterocycles. The van der Waals surface area contributed by atoms with Gasteiger partial charge in [0.2, 0.25) is 0 Å². The summed E-state index contributed by atoms with van der Waals surface area (Å²) in [5.41, 5.74) is 4.25. The fraction of sp³-hybridized carbons (Fsp3) is 0.182. The zero-order valence-electron chi connectivity index (χ0n) is 7.33. The highest BCUT2D eigenvalue weighted by atomic mass is 16.4. The summed E-state index contributed by atoms with van der Waals surface area (Å²) in [4.78, 5) is 0. The average Bonchev–Trinajstić information content (AvgIpc) is 2.59. The molecule has 0 spiro atoms. The molecule has 0 saturated carbocycles. The van der Waals surface area contributed by atoms with Crippen LogP contribution in [0.15, 0.2) is 29.9 Å². The molecule has 13 heavy (non-hydrogen) atoms. The smallest absolute Gasteiger partial charge is 0.0873 e. The minimum Gasteiger partial charge on any atom is -0.411 e. The van der Waals surface area contributed by atoms with Crippen LogP contribution in [-0.4, -0.2) is 10.9 Å². The predicted octanol–water partition coefficient (Wildman–Crippen LogP) is 2.45. The lowest BCUT2D eigenvalue weighted by molar-refractivity contribution is 0.318. The maximum absolute atomic E-state index is 8.71. The van der Waals surface area contributed by atoms with E-state index in [1.165, 1.54) is 5.56 Å². The Kier molecular flexibility index (Phi) is 1.89. The Balaban J connectivity index is 2.52. The first-order valence-corrected chi connectivity index (χ1v) is 4.32. The molecule has 0 bridgehead atoms. The molecule has 1 aliphatic carbocycles. The molecule has 0 atom stereocenters. The van der Waals surface area contributed by atoms with Gasteiger partial charge in [0.15, 0.2) is 0 Å². The Bertz CT molecular complexity index is 380. The lowest BCUT2D eigenvalue weighted by atomic mass is 10.1. The topological polar surface area (TPSA) is 32.6 Å². The van der Waals surface area contributed by atoms with Crippen molar-refractivity contribution in [1.29, 1.82) is 0 Å². The SMILES string of the molecule is C=Cc1ccc2c(c1)CC/C2=N\O. The molecule has 1 N–H and O–H groups in total. The van der Waals surface area contributed by atoms with E-state index in [2.05, 4.69) is 17.8 Å². The molecular formula is C11H11NO. The van der Waals surface area contributed by atoms with Gasteiger partial charge in [-0.15, -0.1) is 0 Å². The third kappa shape index (κ3) is 1.24. The van der Waals surface area contributed by atoms with Crippen LogP contribution in [-0.2, 0) is 6.42 Å². The summed E-state index contributed by atoms with van der Waals surface area (Å²) in [7, 11) is 0. The molecule has 0 amide bonds. The molecule has 2 heteroatoms. The van der Waals surface area contributed by atoms with Gasteiger partial charge in [0, 0.05) is 5.56 Å². The maximum Gasteiger partial charge on any atom is 0.0873 e. The van der Waals surface area contributed by atoms with Crippen molar-refractivity contribution in [2.24, 2.45) is 5.16 Å². The van der Waals surface area contributed by atoms with E-state index in [0.717, 1.165) is 29.7 Å². The van der Waals surface area contributed by atoms with Gasteiger partial charge in [0.05, 0.1) is 5.71 Å². The quantitative estimate of drug-likeness (QED) is 0.513. The average molecular weight is 173 g/mol. The molecule has 1 aliphatic rings. The number of nitrogens with zero attached hydrogens (tertiary/aromatic N) is 1. The highest BCUT2D eigenvalue weighted by molar-refractivity contribution is 6.04. The number of rotatable bonds is 1. The van der Waals surface area contributed by atoms with Crippen LogP contribution in [0.2, 0.25) is 0 Å². The van der Waals surface area contributed by atoms with Crippen LogP contribution in [0.1, 0.15) is 23.1 Å². The van der Waals surface area contributed by atoms with E-state index in [1.54, 1.807) is 0 Å². The molecule has 0 aromatic heterocycles. The highest BCUT2D eigenvalue weighted by Gasteiger charge is 2.17. The number of oxime groups is 1. The Morgan fingerprint density at radius 3 is 2.92 bits per heavy atom. The summed E-state index contributed by atoms with van der Waals surface area (Å²) in [6.07, 6.45) is 3.64. The third-order valence-electron chi connectivity index (χ3n) is 2.43. The lowest BCUT2D eigenvalue weighted by Gasteiger charge is -1.99. The summed E-state index contributed by atoms with van der Waals surface area (Å²) in [6.45, 7) is 3.72. The Morgan fingerprint density at radius 1 is 1.38 bits per heavy atom. The fourth-order valence-corrected chi connectivity index (χ4v) is 1.72. The van der Waals surface area contributed by atoms with Gasteiger partial charge in [-0.1, -0.05) is 36.0 Å². The molecule has 0 fully saturated rings. The van der Waals surface area contributed by atoms with E-state index < -0.39 is 0 Å². The van der Waals surface area contributed by atoms with Crippen molar-refractivity contribution in [1.82, 2.24) is 0 Å². The number of hydrogen-bond acceptors (Lipinski definition) is 2. The largest absolute Gasteiger partial charge is 0.411 e. The van der Waals surface area contributed by atoms with Gasteiger partial charge in [-0.25, -0.2) is 0 Å². The van der Waals surface area contributed by atoms with Crippen molar-refractivity contribution in [2.45, 2.75) is 12.8 Å². The molecule has 66 valence electrons. The summed E-state index contributed by atoms with van der Waals surface area (Å²) in [5.74, 6) is 0. The number of benzene rings is 1. The van der Waals surface area contributed by atoms with Crippen LogP contribution in [0.4, 0.5) is 0 Å². The van der Waals surface area contributed by atoms with E-state index in [0.29, 0.717) is 0 Å². The molecule has 1 aromatic rings. The summed E-state index contributed by atoms with van der Waals surface area (Å²) >= 11 is 0. The van der Waals surface area contributed by atoms with E-state index in [-0.39, 0.29) is 0 Å². The zero-order valence-corrected chi connectivity index (χ0v) is 7.33. The van der Waals surface area contributed by atoms with Gasteiger partial charge in [0.25, 0.3) is 0 Å². The molecule has 1 aromatic carbocycles. The van der Waals surface area contributed by atoms with Gasteiger partial charge in [0.1, 0.15) is 0 Å². The standard InChI is InChI=1S/C11H11NO/c1-2-8-3-5-10-9(7-8)4-6-11(10)12-13/h2-3,5,7,13H,1,4,6H2/b12-11+. The van der Waals surface area contributed by atoms with Gasteiger partial charge in [-0.05, 0) is 24.0 Å². The summed E-state index contributed by atoms with van der Waals surface area (Å²) in [5, 5.41) is 12.0. The van der Waals surface area contributed by atoms with Crippen molar-refractivity contribution in [3.05, 3.63) is 41.5 Å². The maximum atomic E-state index is 8.71. The van der Waals surface area contributed by atoms with E-state index in [4.69, 9.17) is 5.21 Å². The second-order valence-corrected chi connectivity index (χ2v) is 3.17. The predicted molar refractivity (Wildman–Crippen MR) is 53.2 cm³/mol. The highest BCUT2D eigenvalue weighted by Crippen LogP contribution is 2.23. The van der Waals surface area contributed by atoms with Crippen LogP contribution >= 0.6 is 0 Å². The fourth-order valence-electron chi connectivity index (χ4n) is 1.72. The first-order chi connectivity index (χ1) is 6.35. The Labute approximate surface area is 77.2 Å². The Hall–Kier alpha value is -1.57. The van der Waals surface area contributed by atoms with Gasteiger partial charge < -0.3 is 5.21 Å². The molecule has 0 saturated heterocycles. The van der Waals surface area contributed by atoms with Crippen LogP contribution in [0.5, 0.6) is 0 Å². The van der Waals surface area contributed by atoms with Crippen LogP contribution in [0.25, 0.3) is 6.08 Å². The number of fused-ring (bicyclic) bond motifs is 1. The van der Waals surface area contributed by atoms with Crippen molar-refractivity contribution in [2.75, 3.05) is 0 Å². The number of aryl methyl sites for hydroxylation is 1. The van der Waals surface area contributed by atoms with E-state index in [1.807, 2.05) is 18.2 Å².